The number of nitrogens with two attached hydrogens (primary N) is 1. The van der Waals surface area contributed by atoms with E-state index in [1.54, 1.807) is 12.1 Å². The minimum Gasteiger partial charge on any atom is -0.325 e. The van der Waals surface area contributed by atoms with E-state index in [0.29, 0.717) is 22.4 Å². The lowest BCUT2D eigenvalue weighted by Crippen LogP contribution is -2.47. The second kappa shape index (κ2) is 6.26. The van der Waals surface area contributed by atoms with Crippen LogP contribution < -0.4 is 5.73 Å². The number of hydrogen-bond donors (Lipinski definition) is 1. The van der Waals surface area contributed by atoms with Crippen LogP contribution in [0, 0.1) is 17.2 Å². The van der Waals surface area contributed by atoms with Crippen molar-refractivity contribution < 1.29 is 4.39 Å². The van der Waals surface area contributed by atoms with Gasteiger partial charge in [-0.25, -0.2) is 4.39 Å². The van der Waals surface area contributed by atoms with Gasteiger partial charge in [-0.3, -0.25) is 0 Å². The molecule has 0 bridgehead atoms. The SMILES string of the molecule is CCC(C)(C)C1CCC(N)(Cc2ccc(Cl)cc2F)CC1. The van der Waals surface area contributed by atoms with Gasteiger partial charge in [-0.2, -0.15) is 0 Å². The highest BCUT2D eigenvalue weighted by molar-refractivity contribution is 6.30. The Labute approximate surface area is 133 Å². The van der Waals surface area contributed by atoms with Crippen molar-refractivity contribution >= 4 is 11.6 Å². The zero-order valence-corrected chi connectivity index (χ0v) is 14.1. The van der Waals surface area contributed by atoms with Crippen molar-refractivity contribution in [3.05, 3.63) is 34.6 Å². The number of benzene rings is 1. The Balaban J connectivity index is 2.02. The summed E-state index contributed by atoms with van der Waals surface area (Å²) in [4.78, 5) is 0. The minimum atomic E-state index is -0.269. The molecule has 1 aromatic rings. The van der Waals surface area contributed by atoms with E-state index in [2.05, 4.69) is 20.8 Å². The summed E-state index contributed by atoms with van der Waals surface area (Å²) in [5.41, 5.74) is 7.35. The smallest absolute Gasteiger partial charge is 0.127 e. The van der Waals surface area contributed by atoms with Crippen LogP contribution in [0.25, 0.3) is 0 Å². The predicted octanol–water partition coefficient (Wildman–Crippen LogP) is 5.35. The molecule has 2 N–H and O–H groups in total. The summed E-state index contributed by atoms with van der Waals surface area (Å²) in [6, 6.07) is 4.90. The minimum absolute atomic E-state index is 0.233. The van der Waals surface area contributed by atoms with E-state index in [1.165, 1.54) is 12.5 Å². The first-order valence-corrected chi connectivity index (χ1v) is 8.36. The maximum atomic E-state index is 14.0. The van der Waals surface area contributed by atoms with Gasteiger partial charge in [0.15, 0.2) is 0 Å². The summed E-state index contributed by atoms with van der Waals surface area (Å²) in [6.07, 6.45) is 6.04. The topological polar surface area (TPSA) is 26.0 Å². The van der Waals surface area contributed by atoms with Gasteiger partial charge in [0.1, 0.15) is 5.82 Å². The normalized spacial score (nSPS) is 26.9. The Morgan fingerprint density at radius 1 is 1.33 bits per heavy atom. The van der Waals surface area contributed by atoms with Crippen LogP contribution in [0.5, 0.6) is 0 Å². The lowest BCUT2D eigenvalue weighted by Gasteiger charge is -2.43. The van der Waals surface area contributed by atoms with Gasteiger partial charge in [0.05, 0.1) is 0 Å². The van der Waals surface area contributed by atoms with Crippen LogP contribution in [0.3, 0.4) is 0 Å². The average Bonchev–Trinajstić information content (AvgIpc) is 2.42. The van der Waals surface area contributed by atoms with Crippen LogP contribution in [-0.2, 0) is 6.42 Å². The molecule has 118 valence electrons. The van der Waals surface area contributed by atoms with E-state index < -0.39 is 0 Å². The molecular weight excluding hydrogens is 285 g/mol. The third-order valence-corrected chi connectivity index (χ3v) is 5.79. The molecule has 0 aliphatic heterocycles. The molecule has 0 atom stereocenters. The summed E-state index contributed by atoms with van der Waals surface area (Å²) < 4.78 is 14.0. The zero-order valence-electron chi connectivity index (χ0n) is 13.4. The molecule has 0 aromatic heterocycles. The Morgan fingerprint density at radius 2 is 1.95 bits per heavy atom. The fourth-order valence-electron chi connectivity index (χ4n) is 3.48. The largest absolute Gasteiger partial charge is 0.325 e. The van der Waals surface area contributed by atoms with Crippen LogP contribution in [0.1, 0.15) is 58.4 Å². The summed E-state index contributed by atoms with van der Waals surface area (Å²) >= 11 is 5.81. The molecule has 1 aliphatic carbocycles. The lowest BCUT2D eigenvalue weighted by molar-refractivity contribution is 0.115. The highest BCUT2D eigenvalue weighted by Crippen LogP contribution is 2.43. The Hall–Kier alpha value is -0.600. The van der Waals surface area contributed by atoms with Crippen LogP contribution in [0.4, 0.5) is 4.39 Å². The molecule has 1 aliphatic rings. The van der Waals surface area contributed by atoms with Gasteiger partial charge in [0, 0.05) is 10.6 Å². The van der Waals surface area contributed by atoms with Gasteiger partial charge in [-0.05, 0) is 61.1 Å². The number of hydrogen-bond acceptors (Lipinski definition) is 1. The zero-order chi connectivity index (χ0) is 15.7. The van der Waals surface area contributed by atoms with Crippen molar-refractivity contribution in [1.82, 2.24) is 0 Å². The van der Waals surface area contributed by atoms with Gasteiger partial charge in [0.25, 0.3) is 0 Å². The molecule has 0 heterocycles. The molecule has 0 amide bonds. The standard InChI is InChI=1S/C18H27ClFN/c1-4-17(2,3)14-7-9-18(21,10-8-14)12-13-5-6-15(19)11-16(13)20/h5-6,11,14H,4,7-10,12,21H2,1-3H3. The second-order valence-corrected chi connectivity index (χ2v) is 7.83. The number of halogens is 2. The molecule has 1 saturated carbocycles. The highest BCUT2D eigenvalue weighted by Gasteiger charge is 2.37. The summed E-state index contributed by atoms with van der Waals surface area (Å²) in [7, 11) is 0. The maximum Gasteiger partial charge on any atom is 0.127 e. The molecule has 0 unspecified atom stereocenters. The van der Waals surface area contributed by atoms with Gasteiger partial charge in [-0.15, -0.1) is 0 Å². The molecule has 1 nitrogen and oxygen atoms in total. The number of rotatable bonds is 4. The van der Waals surface area contributed by atoms with Gasteiger partial charge >= 0.3 is 0 Å². The third-order valence-electron chi connectivity index (χ3n) is 5.56. The predicted molar refractivity (Wildman–Crippen MR) is 88.1 cm³/mol. The molecular formula is C18H27ClFN. The Kier molecular flexibility index (Phi) is 4.99. The van der Waals surface area contributed by atoms with Crippen LogP contribution in [0.2, 0.25) is 5.02 Å². The second-order valence-electron chi connectivity index (χ2n) is 7.39. The molecule has 1 aromatic carbocycles. The van der Waals surface area contributed by atoms with Crippen LogP contribution >= 0.6 is 11.6 Å². The van der Waals surface area contributed by atoms with Crippen LogP contribution in [0.15, 0.2) is 18.2 Å². The first-order chi connectivity index (χ1) is 9.76. The summed E-state index contributed by atoms with van der Waals surface area (Å²) in [5.74, 6) is 0.498. The van der Waals surface area contributed by atoms with E-state index in [4.69, 9.17) is 17.3 Å². The monoisotopic (exact) mass is 311 g/mol. The lowest BCUT2D eigenvalue weighted by atomic mass is 9.65. The van der Waals surface area contributed by atoms with Crippen molar-refractivity contribution in [2.24, 2.45) is 17.1 Å². The summed E-state index contributed by atoms with van der Waals surface area (Å²) in [5, 5.41) is 0.440. The summed E-state index contributed by atoms with van der Waals surface area (Å²) in [6.45, 7) is 6.95. The fourth-order valence-corrected chi connectivity index (χ4v) is 3.64. The van der Waals surface area contributed by atoms with Crippen molar-refractivity contribution in [2.75, 3.05) is 0 Å². The molecule has 3 heteroatoms. The van der Waals surface area contributed by atoms with Gasteiger partial charge in [0.2, 0.25) is 0 Å². The van der Waals surface area contributed by atoms with Gasteiger partial charge in [-0.1, -0.05) is 44.9 Å². The van der Waals surface area contributed by atoms with Crippen molar-refractivity contribution in [1.29, 1.82) is 0 Å². The van der Waals surface area contributed by atoms with E-state index in [1.807, 2.05) is 0 Å². The van der Waals surface area contributed by atoms with Crippen molar-refractivity contribution in [3.63, 3.8) is 0 Å². The van der Waals surface area contributed by atoms with E-state index >= 15 is 0 Å². The quantitative estimate of drug-likeness (QED) is 0.797. The van der Waals surface area contributed by atoms with E-state index in [9.17, 15) is 4.39 Å². The van der Waals surface area contributed by atoms with E-state index in [0.717, 1.165) is 31.6 Å². The van der Waals surface area contributed by atoms with Gasteiger partial charge < -0.3 is 5.73 Å². The molecule has 0 spiro atoms. The first kappa shape index (κ1) is 16.8. The molecule has 2 rings (SSSR count). The van der Waals surface area contributed by atoms with Crippen molar-refractivity contribution in [2.45, 2.75) is 64.8 Å². The molecule has 1 fully saturated rings. The molecule has 0 saturated heterocycles. The van der Waals surface area contributed by atoms with Crippen molar-refractivity contribution in [3.8, 4) is 0 Å². The Bertz CT molecular complexity index is 490. The highest BCUT2D eigenvalue weighted by atomic mass is 35.5. The van der Waals surface area contributed by atoms with Crippen LogP contribution in [-0.4, -0.2) is 5.54 Å². The third kappa shape index (κ3) is 3.98. The Morgan fingerprint density at radius 3 is 2.48 bits per heavy atom. The average molecular weight is 312 g/mol. The maximum absolute atomic E-state index is 14.0. The fraction of sp³-hybridized carbons (Fsp3) is 0.667. The van der Waals surface area contributed by atoms with E-state index in [-0.39, 0.29) is 11.4 Å². The molecule has 0 radical (unpaired) electrons. The first-order valence-electron chi connectivity index (χ1n) is 7.98. The molecule has 21 heavy (non-hydrogen) atoms.